The third-order valence-corrected chi connectivity index (χ3v) is 5.47. The molecular weight excluding hydrogens is 491 g/mol. The first-order valence-electron chi connectivity index (χ1n) is 9.38. The molecule has 0 bridgehead atoms. The number of halogens is 1. The van der Waals surface area contributed by atoms with E-state index in [0.29, 0.717) is 18.9 Å². The summed E-state index contributed by atoms with van der Waals surface area (Å²) in [6, 6.07) is 8.56. The third-order valence-electron chi connectivity index (χ3n) is 4.49. The van der Waals surface area contributed by atoms with Gasteiger partial charge in [0.15, 0.2) is 5.96 Å². The fraction of sp³-hybridized carbons (Fsp3) is 0.632. The Hall–Kier alpha value is -0.910. The molecule has 1 aromatic rings. The van der Waals surface area contributed by atoms with E-state index in [-0.39, 0.29) is 35.8 Å². The van der Waals surface area contributed by atoms with Crippen molar-refractivity contribution in [3.63, 3.8) is 0 Å². The number of aliphatic imine (C=N–C) groups is 1. The lowest BCUT2D eigenvalue weighted by molar-refractivity contribution is 0.0342. The second-order valence-electron chi connectivity index (χ2n) is 7.10. The Balaban J connectivity index is 0.00000392. The number of nitrogens with zero attached hydrogens (tertiary/aromatic N) is 2. The Morgan fingerprint density at radius 1 is 1.29 bits per heavy atom. The van der Waals surface area contributed by atoms with Crippen LogP contribution in [0.15, 0.2) is 29.3 Å². The molecule has 1 fully saturated rings. The first-order chi connectivity index (χ1) is 12.9. The standard InChI is InChI=1S/C19H32N4O3S.HI/c1-16(7-12-27(3,24)25)22-19(20-2)21-14-17-5-4-6-18(13-17)15-23-8-10-26-11-9-23;/h4-6,13,16H,7-12,14-15H2,1-3H3,(H2,20,21,22);1H. The molecule has 2 N–H and O–H groups in total. The van der Waals surface area contributed by atoms with E-state index in [1.807, 2.05) is 6.92 Å². The second-order valence-corrected chi connectivity index (χ2v) is 9.36. The van der Waals surface area contributed by atoms with Gasteiger partial charge in [0.2, 0.25) is 0 Å². The van der Waals surface area contributed by atoms with Crippen LogP contribution < -0.4 is 10.6 Å². The lowest BCUT2D eigenvalue weighted by Crippen LogP contribution is -2.42. The molecule has 28 heavy (non-hydrogen) atoms. The summed E-state index contributed by atoms with van der Waals surface area (Å²) in [4.78, 5) is 6.63. The van der Waals surface area contributed by atoms with Gasteiger partial charge in [-0.3, -0.25) is 9.89 Å². The van der Waals surface area contributed by atoms with Gasteiger partial charge in [0, 0.05) is 45.5 Å². The van der Waals surface area contributed by atoms with Crippen molar-refractivity contribution >= 4 is 39.8 Å². The zero-order valence-electron chi connectivity index (χ0n) is 17.0. The number of morpholine rings is 1. The molecule has 1 aliphatic heterocycles. The number of rotatable bonds is 8. The first-order valence-corrected chi connectivity index (χ1v) is 11.4. The average Bonchev–Trinajstić information content (AvgIpc) is 2.64. The summed E-state index contributed by atoms with van der Waals surface area (Å²) in [7, 11) is -1.23. The number of nitrogens with one attached hydrogen (secondary N) is 2. The quantitative estimate of drug-likeness (QED) is 0.306. The van der Waals surface area contributed by atoms with Crippen LogP contribution in [0.3, 0.4) is 0 Å². The minimum atomic E-state index is -2.95. The van der Waals surface area contributed by atoms with E-state index >= 15 is 0 Å². The van der Waals surface area contributed by atoms with Gasteiger partial charge < -0.3 is 15.4 Å². The summed E-state index contributed by atoms with van der Waals surface area (Å²) in [6.45, 7) is 7.12. The zero-order chi connectivity index (χ0) is 19.7. The van der Waals surface area contributed by atoms with E-state index in [0.717, 1.165) is 32.8 Å². The van der Waals surface area contributed by atoms with E-state index in [2.05, 4.69) is 44.8 Å². The van der Waals surface area contributed by atoms with Crippen molar-refractivity contribution in [2.75, 3.05) is 45.4 Å². The largest absolute Gasteiger partial charge is 0.379 e. The van der Waals surface area contributed by atoms with Crippen LogP contribution in [0.25, 0.3) is 0 Å². The highest BCUT2D eigenvalue weighted by molar-refractivity contribution is 14.0. The van der Waals surface area contributed by atoms with Crippen LogP contribution in [0.4, 0.5) is 0 Å². The minimum absolute atomic E-state index is 0. The summed E-state index contributed by atoms with van der Waals surface area (Å²) in [5.41, 5.74) is 2.48. The van der Waals surface area contributed by atoms with E-state index in [4.69, 9.17) is 4.74 Å². The van der Waals surface area contributed by atoms with Crippen molar-refractivity contribution in [2.45, 2.75) is 32.5 Å². The molecule has 1 unspecified atom stereocenters. The topological polar surface area (TPSA) is 83.0 Å². The number of ether oxygens (including phenoxy) is 1. The molecule has 0 amide bonds. The monoisotopic (exact) mass is 524 g/mol. The molecule has 0 radical (unpaired) electrons. The van der Waals surface area contributed by atoms with E-state index < -0.39 is 9.84 Å². The molecule has 1 aromatic carbocycles. The van der Waals surface area contributed by atoms with Gasteiger partial charge in [-0.05, 0) is 24.5 Å². The van der Waals surface area contributed by atoms with Crippen LogP contribution in [0.1, 0.15) is 24.5 Å². The molecule has 0 aromatic heterocycles. The Morgan fingerprint density at radius 3 is 2.61 bits per heavy atom. The SMILES string of the molecule is CN=C(NCc1cccc(CN2CCOCC2)c1)NC(C)CCS(C)(=O)=O.I. The smallest absolute Gasteiger partial charge is 0.191 e. The average molecular weight is 524 g/mol. The maximum Gasteiger partial charge on any atom is 0.191 e. The molecule has 2 rings (SSSR count). The molecule has 1 saturated heterocycles. The van der Waals surface area contributed by atoms with Crippen LogP contribution in [-0.4, -0.2) is 70.7 Å². The molecule has 0 aliphatic carbocycles. The van der Waals surface area contributed by atoms with Crippen molar-refractivity contribution in [3.05, 3.63) is 35.4 Å². The summed E-state index contributed by atoms with van der Waals surface area (Å²) in [6.07, 6.45) is 1.81. The number of guanidine groups is 1. The van der Waals surface area contributed by atoms with Gasteiger partial charge in [-0.15, -0.1) is 24.0 Å². The predicted octanol–water partition coefficient (Wildman–Crippen LogP) is 1.62. The van der Waals surface area contributed by atoms with Crippen molar-refractivity contribution in [3.8, 4) is 0 Å². The summed E-state index contributed by atoms with van der Waals surface area (Å²) >= 11 is 0. The second kappa shape index (κ2) is 12.6. The number of hydrogen-bond acceptors (Lipinski definition) is 5. The Morgan fingerprint density at radius 2 is 1.96 bits per heavy atom. The van der Waals surface area contributed by atoms with E-state index in [1.54, 1.807) is 7.05 Å². The fourth-order valence-corrected chi connectivity index (χ4v) is 3.71. The molecule has 160 valence electrons. The van der Waals surface area contributed by atoms with Crippen LogP contribution in [0.2, 0.25) is 0 Å². The van der Waals surface area contributed by atoms with Crippen molar-refractivity contribution < 1.29 is 13.2 Å². The lowest BCUT2D eigenvalue weighted by Gasteiger charge is -2.26. The normalized spacial score (nSPS) is 16.9. The van der Waals surface area contributed by atoms with Crippen molar-refractivity contribution in [2.24, 2.45) is 4.99 Å². The predicted molar refractivity (Wildman–Crippen MR) is 125 cm³/mol. The molecule has 7 nitrogen and oxygen atoms in total. The molecule has 1 heterocycles. The van der Waals surface area contributed by atoms with Crippen LogP contribution in [0.5, 0.6) is 0 Å². The Bertz CT molecular complexity index is 722. The lowest BCUT2D eigenvalue weighted by atomic mass is 10.1. The van der Waals surface area contributed by atoms with Gasteiger partial charge in [-0.1, -0.05) is 24.3 Å². The first kappa shape index (κ1) is 25.1. The van der Waals surface area contributed by atoms with Crippen LogP contribution in [-0.2, 0) is 27.7 Å². The van der Waals surface area contributed by atoms with Gasteiger partial charge in [0.05, 0.1) is 19.0 Å². The van der Waals surface area contributed by atoms with Gasteiger partial charge in [-0.25, -0.2) is 8.42 Å². The highest BCUT2D eigenvalue weighted by Gasteiger charge is 2.11. The molecule has 9 heteroatoms. The third kappa shape index (κ3) is 10.0. The summed E-state index contributed by atoms with van der Waals surface area (Å²) in [5.74, 6) is 0.844. The van der Waals surface area contributed by atoms with E-state index in [9.17, 15) is 8.42 Å². The molecule has 0 saturated carbocycles. The molecular formula is C19H33IN4O3S. The van der Waals surface area contributed by atoms with Crippen LogP contribution in [0, 0.1) is 0 Å². The summed E-state index contributed by atoms with van der Waals surface area (Å²) < 4.78 is 28.0. The van der Waals surface area contributed by atoms with Gasteiger partial charge in [0.1, 0.15) is 9.84 Å². The van der Waals surface area contributed by atoms with Crippen molar-refractivity contribution in [1.29, 1.82) is 0 Å². The number of hydrogen-bond donors (Lipinski definition) is 2. The van der Waals surface area contributed by atoms with Gasteiger partial charge >= 0.3 is 0 Å². The van der Waals surface area contributed by atoms with Gasteiger partial charge in [-0.2, -0.15) is 0 Å². The summed E-state index contributed by atoms with van der Waals surface area (Å²) in [5, 5.41) is 6.54. The molecule has 0 spiro atoms. The maximum absolute atomic E-state index is 11.3. The van der Waals surface area contributed by atoms with Crippen LogP contribution >= 0.6 is 24.0 Å². The van der Waals surface area contributed by atoms with E-state index in [1.165, 1.54) is 17.4 Å². The van der Waals surface area contributed by atoms with Crippen molar-refractivity contribution in [1.82, 2.24) is 15.5 Å². The zero-order valence-corrected chi connectivity index (χ0v) is 20.1. The number of benzene rings is 1. The van der Waals surface area contributed by atoms with Gasteiger partial charge in [0.25, 0.3) is 0 Å². The Kier molecular flexibility index (Phi) is 11.3. The highest BCUT2D eigenvalue weighted by Crippen LogP contribution is 2.10. The molecule has 1 atom stereocenters. The molecule has 1 aliphatic rings. The Labute approximate surface area is 186 Å². The maximum atomic E-state index is 11.3. The number of sulfone groups is 1. The highest BCUT2D eigenvalue weighted by atomic mass is 127. The minimum Gasteiger partial charge on any atom is -0.379 e. The fourth-order valence-electron chi connectivity index (χ4n) is 2.93.